The van der Waals surface area contributed by atoms with E-state index in [0.717, 1.165) is 5.56 Å². The van der Waals surface area contributed by atoms with Crippen molar-refractivity contribution in [1.82, 2.24) is 14.9 Å². The van der Waals surface area contributed by atoms with Gasteiger partial charge in [-0.2, -0.15) is 0 Å². The number of fused-ring (bicyclic) bond motifs is 1. The molecule has 0 bridgehead atoms. The first kappa shape index (κ1) is 22.9. The fourth-order valence-corrected chi connectivity index (χ4v) is 4.61. The molecule has 1 atom stereocenters. The van der Waals surface area contributed by atoms with Gasteiger partial charge in [-0.3, -0.25) is 14.2 Å². The van der Waals surface area contributed by atoms with Gasteiger partial charge in [0.1, 0.15) is 5.75 Å². The number of hydrogen-bond acceptors (Lipinski definition) is 5. The van der Waals surface area contributed by atoms with Gasteiger partial charge in [-0.15, -0.1) is 0 Å². The molecule has 1 unspecified atom stereocenters. The Balaban J connectivity index is 1.62. The summed E-state index contributed by atoms with van der Waals surface area (Å²) >= 11 is 7.45. The van der Waals surface area contributed by atoms with Crippen LogP contribution < -0.4 is 15.6 Å². The van der Waals surface area contributed by atoms with Gasteiger partial charge in [0, 0.05) is 5.02 Å². The van der Waals surface area contributed by atoms with Crippen molar-refractivity contribution < 1.29 is 9.53 Å². The molecule has 1 N–H and O–H groups in total. The molecule has 4 aromatic rings. The summed E-state index contributed by atoms with van der Waals surface area (Å²) in [6, 6.07) is 21.5. The fraction of sp³-hybridized carbons (Fsp3) is 0.160. The molecule has 0 aliphatic carbocycles. The Morgan fingerprint density at radius 1 is 1.09 bits per heavy atom. The molecule has 0 aliphatic heterocycles. The number of benzene rings is 3. The quantitative estimate of drug-likeness (QED) is 0.298. The van der Waals surface area contributed by atoms with Crippen molar-refractivity contribution >= 4 is 40.2 Å². The largest absolute Gasteiger partial charge is 0.497 e. The predicted octanol–water partition coefficient (Wildman–Crippen LogP) is 5.02. The lowest BCUT2D eigenvalue weighted by Gasteiger charge is -2.16. The zero-order chi connectivity index (χ0) is 23.4. The van der Waals surface area contributed by atoms with Gasteiger partial charge in [0.2, 0.25) is 5.91 Å². The highest BCUT2D eigenvalue weighted by atomic mass is 35.5. The third kappa shape index (κ3) is 5.05. The minimum atomic E-state index is -0.250. The molecular formula is C25H22ClN3O3S. The maximum atomic E-state index is 13.3. The van der Waals surface area contributed by atoms with Crippen molar-refractivity contribution in [2.45, 2.75) is 18.1 Å². The zero-order valence-electron chi connectivity index (χ0n) is 18.1. The number of nitrogens with one attached hydrogen (secondary N) is 1. The predicted molar refractivity (Wildman–Crippen MR) is 133 cm³/mol. The van der Waals surface area contributed by atoms with Crippen LogP contribution in [0.3, 0.4) is 0 Å². The molecule has 33 heavy (non-hydrogen) atoms. The van der Waals surface area contributed by atoms with E-state index >= 15 is 0 Å². The minimum Gasteiger partial charge on any atom is -0.497 e. The van der Waals surface area contributed by atoms with Gasteiger partial charge >= 0.3 is 0 Å². The average Bonchev–Trinajstić information content (AvgIpc) is 2.83. The van der Waals surface area contributed by atoms with Crippen LogP contribution in [-0.2, 0) is 4.79 Å². The molecule has 1 amide bonds. The van der Waals surface area contributed by atoms with Crippen LogP contribution in [0.2, 0.25) is 5.02 Å². The van der Waals surface area contributed by atoms with Crippen molar-refractivity contribution in [2.75, 3.05) is 12.9 Å². The Labute approximate surface area is 200 Å². The lowest BCUT2D eigenvalue weighted by Crippen LogP contribution is -2.29. The van der Waals surface area contributed by atoms with Crippen LogP contribution in [0.1, 0.15) is 18.5 Å². The van der Waals surface area contributed by atoms with Gasteiger partial charge in [0.05, 0.1) is 35.5 Å². The van der Waals surface area contributed by atoms with E-state index in [-0.39, 0.29) is 23.3 Å². The number of halogens is 1. The molecule has 8 heteroatoms. The standard InChI is InChI=1S/C25H22ClN3O3S/c1-16(19-7-3-5-9-21(19)26)27-23(30)15-33-25-28-22-10-6-4-8-20(22)24(31)29(25)17-11-13-18(32-2)14-12-17/h3-14,16H,15H2,1-2H3,(H,27,30). The number of carbonyl (C=O) groups excluding carboxylic acids is 1. The molecule has 1 heterocycles. The van der Waals surface area contributed by atoms with Crippen molar-refractivity contribution in [3.63, 3.8) is 0 Å². The molecule has 168 valence electrons. The lowest BCUT2D eigenvalue weighted by atomic mass is 10.1. The first-order valence-corrected chi connectivity index (χ1v) is 11.7. The van der Waals surface area contributed by atoms with E-state index in [1.54, 1.807) is 55.6 Å². The first-order valence-electron chi connectivity index (χ1n) is 10.3. The molecule has 0 saturated carbocycles. The van der Waals surface area contributed by atoms with Crippen LogP contribution in [0, 0.1) is 0 Å². The molecule has 0 saturated heterocycles. The highest BCUT2D eigenvalue weighted by molar-refractivity contribution is 7.99. The number of carbonyl (C=O) groups is 1. The molecule has 0 spiro atoms. The highest BCUT2D eigenvalue weighted by Gasteiger charge is 2.17. The van der Waals surface area contributed by atoms with Crippen LogP contribution in [0.15, 0.2) is 82.7 Å². The van der Waals surface area contributed by atoms with Crippen LogP contribution in [0.4, 0.5) is 0 Å². The van der Waals surface area contributed by atoms with E-state index < -0.39 is 0 Å². The van der Waals surface area contributed by atoms with Gasteiger partial charge in [-0.25, -0.2) is 4.98 Å². The number of para-hydroxylation sites is 1. The number of aromatic nitrogens is 2. The van der Waals surface area contributed by atoms with Gasteiger partial charge in [0.25, 0.3) is 5.56 Å². The Bertz CT molecular complexity index is 1360. The summed E-state index contributed by atoms with van der Waals surface area (Å²) in [5.41, 5.74) is 1.88. The van der Waals surface area contributed by atoms with Gasteiger partial charge in [-0.1, -0.05) is 53.7 Å². The monoisotopic (exact) mass is 479 g/mol. The van der Waals surface area contributed by atoms with E-state index in [2.05, 4.69) is 10.3 Å². The minimum absolute atomic E-state index is 0.0930. The van der Waals surface area contributed by atoms with Gasteiger partial charge in [-0.05, 0) is 55.0 Å². The van der Waals surface area contributed by atoms with Crippen LogP contribution in [0.25, 0.3) is 16.6 Å². The maximum Gasteiger partial charge on any atom is 0.266 e. The Hall–Kier alpha value is -3.29. The molecule has 6 nitrogen and oxygen atoms in total. The van der Waals surface area contributed by atoms with E-state index in [9.17, 15) is 9.59 Å². The van der Waals surface area contributed by atoms with Crippen molar-refractivity contribution in [3.05, 3.63) is 93.7 Å². The Kier molecular flexibility index (Phi) is 7.01. The molecule has 0 fully saturated rings. The second-order valence-corrected chi connectivity index (χ2v) is 8.70. The van der Waals surface area contributed by atoms with E-state index in [0.29, 0.717) is 32.5 Å². The number of hydrogen-bond donors (Lipinski definition) is 1. The summed E-state index contributed by atoms with van der Waals surface area (Å²) in [4.78, 5) is 30.7. The molecule has 0 radical (unpaired) electrons. The van der Waals surface area contributed by atoms with Crippen LogP contribution in [-0.4, -0.2) is 28.3 Å². The Morgan fingerprint density at radius 3 is 2.52 bits per heavy atom. The molecule has 1 aromatic heterocycles. The third-order valence-corrected chi connectivity index (χ3v) is 6.44. The number of thioether (sulfide) groups is 1. The number of rotatable bonds is 7. The van der Waals surface area contributed by atoms with Gasteiger partial charge < -0.3 is 10.1 Å². The summed E-state index contributed by atoms with van der Waals surface area (Å²) < 4.78 is 6.75. The summed E-state index contributed by atoms with van der Waals surface area (Å²) in [5, 5.41) is 4.50. The lowest BCUT2D eigenvalue weighted by molar-refractivity contribution is -0.119. The summed E-state index contributed by atoms with van der Waals surface area (Å²) in [5.74, 6) is 0.592. The second-order valence-electron chi connectivity index (χ2n) is 7.35. The SMILES string of the molecule is COc1ccc(-n2c(SCC(=O)NC(C)c3ccccc3Cl)nc3ccccc3c2=O)cc1. The number of ether oxygens (including phenoxy) is 1. The fourth-order valence-electron chi connectivity index (χ4n) is 3.49. The zero-order valence-corrected chi connectivity index (χ0v) is 19.7. The molecular weight excluding hydrogens is 458 g/mol. The maximum absolute atomic E-state index is 13.3. The van der Waals surface area contributed by atoms with Crippen LogP contribution in [0.5, 0.6) is 5.75 Å². The van der Waals surface area contributed by atoms with E-state index in [1.807, 2.05) is 31.2 Å². The van der Waals surface area contributed by atoms with E-state index in [4.69, 9.17) is 16.3 Å². The number of methoxy groups -OCH3 is 1. The summed E-state index contributed by atoms with van der Waals surface area (Å²) in [6.45, 7) is 1.88. The van der Waals surface area contributed by atoms with Gasteiger partial charge in [0.15, 0.2) is 5.16 Å². The van der Waals surface area contributed by atoms with Crippen molar-refractivity contribution in [1.29, 1.82) is 0 Å². The number of nitrogens with zero attached hydrogens (tertiary/aromatic N) is 2. The summed E-state index contributed by atoms with van der Waals surface area (Å²) in [6.07, 6.45) is 0. The smallest absolute Gasteiger partial charge is 0.266 e. The molecule has 4 rings (SSSR count). The molecule has 3 aromatic carbocycles. The summed E-state index contributed by atoms with van der Waals surface area (Å²) in [7, 11) is 1.59. The Morgan fingerprint density at radius 2 is 1.79 bits per heavy atom. The number of amides is 1. The van der Waals surface area contributed by atoms with E-state index in [1.165, 1.54) is 16.3 Å². The van der Waals surface area contributed by atoms with Crippen molar-refractivity contribution in [3.8, 4) is 11.4 Å². The molecule has 0 aliphatic rings. The normalized spacial score (nSPS) is 11.8. The van der Waals surface area contributed by atoms with Crippen molar-refractivity contribution in [2.24, 2.45) is 0 Å². The average molecular weight is 480 g/mol. The topological polar surface area (TPSA) is 73.2 Å². The van der Waals surface area contributed by atoms with Crippen LogP contribution >= 0.6 is 23.4 Å². The highest BCUT2D eigenvalue weighted by Crippen LogP contribution is 2.24. The first-order chi connectivity index (χ1) is 16.0. The third-order valence-electron chi connectivity index (χ3n) is 5.16. The second kappa shape index (κ2) is 10.1.